The minimum absolute atomic E-state index is 0.0623. The Labute approximate surface area is 104 Å². The Bertz CT molecular complexity index is 433. The van der Waals surface area contributed by atoms with E-state index in [1.54, 1.807) is 12.3 Å². The summed E-state index contributed by atoms with van der Waals surface area (Å²) in [6.45, 7) is 0.241. The number of urea groups is 1. The Balaban J connectivity index is 1.79. The third kappa shape index (κ3) is 3.41. The maximum atomic E-state index is 11.5. The van der Waals surface area contributed by atoms with Gasteiger partial charge >= 0.3 is 12.0 Å². The average Bonchev–Trinajstić information content (AvgIpc) is 3.18. The van der Waals surface area contributed by atoms with Crippen molar-refractivity contribution in [1.82, 2.24) is 20.6 Å². The van der Waals surface area contributed by atoms with Crippen LogP contribution in [0.15, 0.2) is 18.6 Å². The van der Waals surface area contributed by atoms with Crippen molar-refractivity contribution >= 4 is 12.0 Å². The van der Waals surface area contributed by atoms with Crippen LogP contribution >= 0.6 is 0 Å². The van der Waals surface area contributed by atoms with Gasteiger partial charge in [-0.1, -0.05) is 0 Å². The lowest BCUT2D eigenvalue weighted by Crippen LogP contribution is -2.47. The highest BCUT2D eigenvalue weighted by Gasteiger charge is 2.37. The zero-order valence-electron chi connectivity index (χ0n) is 9.67. The number of aliphatic carboxylic acids is 1. The second-order valence-electron chi connectivity index (χ2n) is 4.18. The molecule has 96 valence electrons. The van der Waals surface area contributed by atoms with Crippen LogP contribution in [0.4, 0.5) is 4.79 Å². The summed E-state index contributed by atoms with van der Waals surface area (Å²) < 4.78 is 0. The molecule has 1 aliphatic rings. The predicted molar refractivity (Wildman–Crippen MR) is 61.6 cm³/mol. The molecule has 1 aromatic heterocycles. The molecule has 1 aromatic rings. The van der Waals surface area contributed by atoms with Crippen LogP contribution in [-0.4, -0.2) is 33.1 Å². The average molecular weight is 250 g/mol. The quantitative estimate of drug-likeness (QED) is 0.689. The number of hydrogen-bond acceptors (Lipinski definition) is 4. The number of carbonyl (C=O) groups is 2. The maximum Gasteiger partial charge on any atom is 0.326 e. The van der Waals surface area contributed by atoms with Crippen molar-refractivity contribution in [3.63, 3.8) is 0 Å². The number of hydrogen-bond donors (Lipinski definition) is 3. The fraction of sp³-hybridized carbons (Fsp3) is 0.455. The van der Waals surface area contributed by atoms with Crippen molar-refractivity contribution in [2.45, 2.75) is 25.4 Å². The first-order valence-corrected chi connectivity index (χ1v) is 5.69. The van der Waals surface area contributed by atoms with E-state index < -0.39 is 18.0 Å². The van der Waals surface area contributed by atoms with E-state index in [9.17, 15) is 9.59 Å². The Morgan fingerprint density at radius 2 is 2.28 bits per heavy atom. The second-order valence-corrected chi connectivity index (χ2v) is 4.18. The Kier molecular flexibility index (Phi) is 3.71. The van der Waals surface area contributed by atoms with Crippen molar-refractivity contribution < 1.29 is 14.7 Å². The van der Waals surface area contributed by atoms with Crippen LogP contribution in [0.1, 0.15) is 18.5 Å². The highest BCUT2D eigenvalue weighted by atomic mass is 16.4. The minimum atomic E-state index is -0.991. The smallest absolute Gasteiger partial charge is 0.326 e. The lowest BCUT2D eigenvalue weighted by Gasteiger charge is -2.14. The SMILES string of the molecule is O=C(NCc1ccncn1)NC(C(=O)O)C1CC1. The largest absolute Gasteiger partial charge is 0.480 e. The topological polar surface area (TPSA) is 104 Å². The van der Waals surface area contributed by atoms with E-state index in [1.807, 2.05) is 0 Å². The third-order valence-electron chi connectivity index (χ3n) is 2.72. The fourth-order valence-corrected chi connectivity index (χ4v) is 1.60. The van der Waals surface area contributed by atoms with Gasteiger partial charge in [-0.05, 0) is 24.8 Å². The van der Waals surface area contributed by atoms with Crippen molar-refractivity contribution in [3.8, 4) is 0 Å². The van der Waals surface area contributed by atoms with Crippen LogP contribution in [-0.2, 0) is 11.3 Å². The molecule has 2 amide bonds. The molecule has 1 fully saturated rings. The van der Waals surface area contributed by atoms with E-state index in [4.69, 9.17) is 5.11 Å². The number of rotatable bonds is 5. The molecule has 7 nitrogen and oxygen atoms in total. The Morgan fingerprint density at radius 3 is 2.83 bits per heavy atom. The number of carboxylic acid groups (broad SMARTS) is 1. The van der Waals surface area contributed by atoms with E-state index in [1.165, 1.54) is 6.33 Å². The Hall–Kier alpha value is -2.18. The van der Waals surface area contributed by atoms with Crippen LogP contribution in [0.5, 0.6) is 0 Å². The molecular weight excluding hydrogens is 236 g/mol. The standard InChI is InChI=1S/C11H14N4O3/c16-10(17)9(7-1-2-7)15-11(18)13-5-8-3-4-12-6-14-8/h3-4,6-7,9H,1-2,5H2,(H,16,17)(H2,13,15,18). The number of nitrogens with zero attached hydrogens (tertiary/aromatic N) is 2. The minimum Gasteiger partial charge on any atom is -0.480 e. The van der Waals surface area contributed by atoms with Crippen LogP contribution < -0.4 is 10.6 Å². The van der Waals surface area contributed by atoms with Crippen LogP contribution in [0, 0.1) is 5.92 Å². The van der Waals surface area contributed by atoms with Crippen molar-refractivity contribution in [3.05, 3.63) is 24.3 Å². The number of nitrogens with one attached hydrogen (secondary N) is 2. The first-order valence-electron chi connectivity index (χ1n) is 5.69. The number of carbonyl (C=O) groups excluding carboxylic acids is 1. The molecule has 0 spiro atoms. The molecule has 0 aromatic carbocycles. The van der Waals surface area contributed by atoms with E-state index >= 15 is 0 Å². The fourth-order valence-electron chi connectivity index (χ4n) is 1.60. The summed E-state index contributed by atoms with van der Waals surface area (Å²) in [5, 5.41) is 14.0. The monoisotopic (exact) mass is 250 g/mol. The first kappa shape index (κ1) is 12.3. The molecule has 1 heterocycles. The Morgan fingerprint density at radius 1 is 1.50 bits per heavy atom. The molecule has 1 unspecified atom stereocenters. The zero-order valence-corrected chi connectivity index (χ0v) is 9.67. The van der Waals surface area contributed by atoms with Gasteiger partial charge in [0.1, 0.15) is 12.4 Å². The van der Waals surface area contributed by atoms with E-state index in [0.717, 1.165) is 12.8 Å². The van der Waals surface area contributed by atoms with Gasteiger partial charge in [-0.2, -0.15) is 0 Å². The summed E-state index contributed by atoms with van der Waals surface area (Å²) in [6.07, 6.45) is 4.66. The van der Waals surface area contributed by atoms with Gasteiger partial charge < -0.3 is 15.7 Å². The molecule has 0 radical (unpaired) electrons. The molecule has 1 saturated carbocycles. The van der Waals surface area contributed by atoms with Crippen molar-refractivity contribution in [2.24, 2.45) is 5.92 Å². The molecule has 7 heteroatoms. The van der Waals surface area contributed by atoms with Crippen LogP contribution in [0.3, 0.4) is 0 Å². The van der Waals surface area contributed by atoms with E-state index in [0.29, 0.717) is 5.69 Å². The van der Waals surface area contributed by atoms with E-state index in [-0.39, 0.29) is 12.5 Å². The molecule has 18 heavy (non-hydrogen) atoms. The summed E-state index contributed by atoms with van der Waals surface area (Å²) >= 11 is 0. The maximum absolute atomic E-state index is 11.5. The van der Waals surface area contributed by atoms with Gasteiger partial charge in [0.15, 0.2) is 0 Å². The number of amides is 2. The van der Waals surface area contributed by atoms with E-state index in [2.05, 4.69) is 20.6 Å². The normalized spacial score (nSPS) is 15.8. The van der Waals surface area contributed by atoms with Gasteiger partial charge in [0, 0.05) is 6.20 Å². The summed E-state index contributed by atoms with van der Waals surface area (Å²) in [6, 6.07) is 0.388. The van der Waals surface area contributed by atoms with Gasteiger partial charge in [0.25, 0.3) is 0 Å². The van der Waals surface area contributed by atoms with Gasteiger partial charge in [-0.25, -0.2) is 19.6 Å². The van der Waals surface area contributed by atoms with Crippen LogP contribution in [0.2, 0.25) is 0 Å². The molecular formula is C11H14N4O3. The summed E-state index contributed by atoms with van der Waals surface area (Å²) in [5.74, 6) is -0.929. The van der Waals surface area contributed by atoms with Gasteiger partial charge in [-0.3, -0.25) is 0 Å². The zero-order chi connectivity index (χ0) is 13.0. The number of aromatic nitrogens is 2. The molecule has 0 saturated heterocycles. The molecule has 0 aliphatic heterocycles. The lowest BCUT2D eigenvalue weighted by molar-refractivity contribution is -0.139. The van der Waals surface area contributed by atoms with Crippen molar-refractivity contribution in [2.75, 3.05) is 0 Å². The van der Waals surface area contributed by atoms with Crippen LogP contribution in [0.25, 0.3) is 0 Å². The second kappa shape index (κ2) is 5.44. The highest BCUT2D eigenvalue weighted by Crippen LogP contribution is 2.32. The summed E-state index contributed by atoms with van der Waals surface area (Å²) in [7, 11) is 0. The first-order chi connectivity index (χ1) is 8.66. The van der Waals surface area contributed by atoms with Crippen molar-refractivity contribution in [1.29, 1.82) is 0 Å². The van der Waals surface area contributed by atoms with Gasteiger partial charge in [-0.15, -0.1) is 0 Å². The number of carboxylic acids is 1. The highest BCUT2D eigenvalue weighted by molar-refractivity contribution is 5.83. The molecule has 0 bridgehead atoms. The molecule has 1 atom stereocenters. The molecule has 2 rings (SSSR count). The molecule has 3 N–H and O–H groups in total. The van der Waals surface area contributed by atoms with Gasteiger partial charge in [0.05, 0.1) is 12.2 Å². The molecule has 1 aliphatic carbocycles. The van der Waals surface area contributed by atoms with Gasteiger partial charge in [0.2, 0.25) is 0 Å². The predicted octanol–water partition coefficient (Wildman–Crippen LogP) is 0.139. The third-order valence-corrected chi connectivity index (χ3v) is 2.72. The summed E-state index contributed by atoms with van der Waals surface area (Å²) in [4.78, 5) is 30.2. The summed E-state index contributed by atoms with van der Waals surface area (Å²) in [5.41, 5.74) is 0.665. The lowest BCUT2D eigenvalue weighted by atomic mass is 10.2.